The monoisotopic (exact) mass is 398 g/mol. The fraction of sp³-hybridized carbons (Fsp3) is 0.364. The van der Waals surface area contributed by atoms with Crippen LogP contribution in [-0.4, -0.2) is 43.0 Å². The summed E-state index contributed by atoms with van der Waals surface area (Å²) in [5.41, 5.74) is 1.07. The Morgan fingerprint density at radius 2 is 1.76 bits per heavy atom. The third-order valence-corrected chi connectivity index (χ3v) is 5.19. The molecular formula is C22H23FN2O4. The van der Waals surface area contributed by atoms with Crippen molar-refractivity contribution in [2.75, 3.05) is 31.6 Å². The van der Waals surface area contributed by atoms with Crippen LogP contribution in [0.3, 0.4) is 0 Å². The topological polar surface area (TPSA) is 67.9 Å². The first kappa shape index (κ1) is 19.2. The summed E-state index contributed by atoms with van der Waals surface area (Å²) in [5.74, 6) is 0.303. The number of benzene rings is 2. The van der Waals surface area contributed by atoms with E-state index in [0.29, 0.717) is 55.5 Å². The number of likely N-dealkylation sites (tertiary alicyclic amines) is 1. The molecule has 0 saturated carbocycles. The standard InChI is InChI=1S/C22H23FN2O4/c23-17-6-4-15(5-7-17)22(27)25-10-1-3-16(14-25)21(26)24-18-8-9-19-20(13-18)29-12-2-11-28-19/h4-9,13,16H,1-3,10-12,14H2,(H,24,26). The first-order chi connectivity index (χ1) is 14.1. The third-order valence-electron chi connectivity index (χ3n) is 5.19. The molecule has 2 heterocycles. The smallest absolute Gasteiger partial charge is 0.253 e. The summed E-state index contributed by atoms with van der Waals surface area (Å²) in [4.78, 5) is 27.1. The highest BCUT2D eigenvalue weighted by Crippen LogP contribution is 2.32. The Labute approximate surface area is 168 Å². The number of ether oxygens (including phenoxy) is 2. The molecule has 7 heteroatoms. The number of carbonyl (C=O) groups excluding carboxylic acids is 2. The molecule has 4 rings (SSSR count). The highest BCUT2D eigenvalue weighted by molar-refractivity contribution is 5.96. The van der Waals surface area contributed by atoms with Crippen molar-refractivity contribution < 1.29 is 23.5 Å². The zero-order valence-electron chi connectivity index (χ0n) is 16.0. The van der Waals surface area contributed by atoms with E-state index < -0.39 is 0 Å². The molecule has 0 spiro atoms. The van der Waals surface area contributed by atoms with E-state index in [9.17, 15) is 14.0 Å². The highest BCUT2D eigenvalue weighted by atomic mass is 19.1. The SMILES string of the molecule is O=C(Nc1ccc2c(c1)OCCCO2)C1CCCN(C(=O)c2ccc(F)cc2)C1. The Bertz CT molecular complexity index is 900. The molecule has 1 fully saturated rings. The molecule has 0 aliphatic carbocycles. The molecule has 2 aromatic carbocycles. The van der Waals surface area contributed by atoms with Gasteiger partial charge in [-0.25, -0.2) is 4.39 Å². The van der Waals surface area contributed by atoms with Crippen LogP contribution < -0.4 is 14.8 Å². The van der Waals surface area contributed by atoms with Crippen molar-refractivity contribution in [1.82, 2.24) is 4.90 Å². The van der Waals surface area contributed by atoms with Crippen molar-refractivity contribution in [1.29, 1.82) is 0 Å². The van der Waals surface area contributed by atoms with Gasteiger partial charge in [-0.05, 0) is 49.2 Å². The molecule has 0 radical (unpaired) electrons. The van der Waals surface area contributed by atoms with Gasteiger partial charge in [0.1, 0.15) is 5.82 Å². The van der Waals surface area contributed by atoms with Crippen LogP contribution in [0.25, 0.3) is 0 Å². The summed E-state index contributed by atoms with van der Waals surface area (Å²) in [6.45, 7) is 2.11. The lowest BCUT2D eigenvalue weighted by Crippen LogP contribution is -2.43. The molecule has 2 aliphatic rings. The van der Waals surface area contributed by atoms with Crippen molar-refractivity contribution in [3.8, 4) is 11.5 Å². The normalized spacial score (nSPS) is 18.7. The molecule has 152 valence electrons. The van der Waals surface area contributed by atoms with E-state index in [-0.39, 0.29) is 23.5 Å². The van der Waals surface area contributed by atoms with Gasteiger partial charge in [0.15, 0.2) is 11.5 Å². The van der Waals surface area contributed by atoms with Gasteiger partial charge in [-0.2, -0.15) is 0 Å². The van der Waals surface area contributed by atoms with Crippen LogP contribution in [0.15, 0.2) is 42.5 Å². The minimum atomic E-state index is -0.382. The lowest BCUT2D eigenvalue weighted by Gasteiger charge is -2.32. The molecule has 2 amide bonds. The van der Waals surface area contributed by atoms with Crippen molar-refractivity contribution in [3.05, 3.63) is 53.8 Å². The summed E-state index contributed by atoms with van der Waals surface area (Å²) in [5, 5.41) is 2.93. The van der Waals surface area contributed by atoms with Crippen LogP contribution >= 0.6 is 0 Å². The van der Waals surface area contributed by atoms with Gasteiger partial charge in [0.2, 0.25) is 5.91 Å². The highest BCUT2D eigenvalue weighted by Gasteiger charge is 2.29. The summed E-state index contributed by atoms with van der Waals surface area (Å²) in [6.07, 6.45) is 2.27. The number of nitrogens with one attached hydrogen (secondary N) is 1. The molecule has 1 N–H and O–H groups in total. The van der Waals surface area contributed by atoms with Gasteiger partial charge in [0.05, 0.1) is 19.1 Å². The minimum Gasteiger partial charge on any atom is -0.490 e. The Hall–Kier alpha value is -3.09. The largest absolute Gasteiger partial charge is 0.490 e. The van der Waals surface area contributed by atoms with Crippen molar-refractivity contribution >= 4 is 17.5 Å². The quantitative estimate of drug-likeness (QED) is 0.860. The van der Waals surface area contributed by atoms with Gasteiger partial charge in [-0.15, -0.1) is 0 Å². The Kier molecular flexibility index (Phi) is 5.64. The predicted octanol–water partition coefficient (Wildman–Crippen LogP) is 3.48. The molecule has 0 bridgehead atoms. The molecule has 2 aliphatic heterocycles. The molecule has 1 atom stereocenters. The van der Waals surface area contributed by atoms with Crippen molar-refractivity contribution in [2.24, 2.45) is 5.92 Å². The van der Waals surface area contributed by atoms with E-state index in [1.54, 1.807) is 23.1 Å². The Morgan fingerprint density at radius 1 is 1.00 bits per heavy atom. The van der Waals surface area contributed by atoms with Crippen molar-refractivity contribution in [3.63, 3.8) is 0 Å². The average molecular weight is 398 g/mol. The Balaban J connectivity index is 1.40. The van der Waals surface area contributed by atoms with Crippen LogP contribution in [0, 0.1) is 11.7 Å². The number of halogens is 1. The molecule has 1 unspecified atom stereocenters. The minimum absolute atomic E-state index is 0.129. The van der Waals surface area contributed by atoms with Crippen LogP contribution in [0.2, 0.25) is 0 Å². The number of amides is 2. The molecule has 6 nitrogen and oxygen atoms in total. The fourth-order valence-corrected chi connectivity index (χ4v) is 3.64. The second-order valence-corrected chi connectivity index (χ2v) is 7.30. The Morgan fingerprint density at radius 3 is 2.55 bits per heavy atom. The number of anilines is 1. The number of carbonyl (C=O) groups is 2. The fourth-order valence-electron chi connectivity index (χ4n) is 3.64. The first-order valence-electron chi connectivity index (χ1n) is 9.85. The molecule has 2 aromatic rings. The number of hydrogen-bond acceptors (Lipinski definition) is 4. The molecule has 0 aromatic heterocycles. The lowest BCUT2D eigenvalue weighted by atomic mass is 9.96. The maximum absolute atomic E-state index is 13.1. The zero-order chi connectivity index (χ0) is 20.2. The van der Waals surface area contributed by atoms with Gasteiger partial charge < -0.3 is 19.7 Å². The van der Waals surface area contributed by atoms with E-state index in [2.05, 4.69) is 5.32 Å². The van der Waals surface area contributed by atoms with Crippen LogP contribution in [0.4, 0.5) is 10.1 Å². The van der Waals surface area contributed by atoms with E-state index in [1.807, 2.05) is 0 Å². The third kappa shape index (κ3) is 4.50. The van der Waals surface area contributed by atoms with Crippen molar-refractivity contribution in [2.45, 2.75) is 19.3 Å². The lowest BCUT2D eigenvalue weighted by molar-refractivity contribution is -0.121. The summed E-state index contributed by atoms with van der Waals surface area (Å²) >= 11 is 0. The van der Waals surface area contributed by atoms with E-state index in [0.717, 1.165) is 12.8 Å². The summed E-state index contributed by atoms with van der Waals surface area (Å²) in [7, 11) is 0. The molecular weight excluding hydrogens is 375 g/mol. The maximum atomic E-state index is 13.1. The second-order valence-electron chi connectivity index (χ2n) is 7.30. The van der Waals surface area contributed by atoms with Crippen LogP contribution in [-0.2, 0) is 4.79 Å². The van der Waals surface area contributed by atoms with E-state index in [1.165, 1.54) is 24.3 Å². The van der Waals surface area contributed by atoms with E-state index in [4.69, 9.17) is 9.47 Å². The molecule has 1 saturated heterocycles. The number of nitrogens with zero attached hydrogens (tertiary/aromatic N) is 1. The summed E-state index contributed by atoms with van der Waals surface area (Å²) < 4.78 is 24.4. The number of piperidine rings is 1. The molecule has 29 heavy (non-hydrogen) atoms. The maximum Gasteiger partial charge on any atom is 0.253 e. The number of fused-ring (bicyclic) bond motifs is 1. The van der Waals surface area contributed by atoms with Gasteiger partial charge in [-0.3, -0.25) is 9.59 Å². The van der Waals surface area contributed by atoms with Gasteiger partial charge in [0, 0.05) is 36.8 Å². The van der Waals surface area contributed by atoms with Gasteiger partial charge in [0.25, 0.3) is 5.91 Å². The number of rotatable bonds is 3. The zero-order valence-corrected chi connectivity index (χ0v) is 16.0. The van der Waals surface area contributed by atoms with E-state index >= 15 is 0 Å². The van der Waals surface area contributed by atoms with Crippen LogP contribution in [0.5, 0.6) is 11.5 Å². The van der Waals surface area contributed by atoms with Gasteiger partial charge in [-0.1, -0.05) is 0 Å². The van der Waals surface area contributed by atoms with Crippen LogP contribution in [0.1, 0.15) is 29.6 Å². The van der Waals surface area contributed by atoms with Gasteiger partial charge >= 0.3 is 0 Å². The second kappa shape index (κ2) is 8.51. The number of hydrogen-bond donors (Lipinski definition) is 1. The first-order valence-corrected chi connectivity index (χ1v) is 9.85. The predicted molar refractivity (Wildman–Crippen MR) is 106 cm³/mol. The average Bonchev–Trinajstić information content (AvgIpc) is 2.99. The summed E-state index contributed by atoms with van der Waals surface area (Å²) in [6, 6.07) is 10.8.